The molecule has 1 aromatic carbocycles. The number of amides is 1. The Kier molecular flexibility index (Phi) is 3.18. The van der Waals surface area contributed by atoms with E-state index in [9.17, 15) is 19.3 Å². The van der Waals surface area contributed by atoms with Gasteiger partial charge in [-0.25, -0.2) is 0 Å². The minimum Gasteiger partial charge on any atom is -0.325 e. The van der Waals surface area contributed by atoms with Crippen molar-refractivity contribution in [3.63, 3.8) is 0 Å². The SMILES string of the molecule is O=C(Nc1ccc(F)c([N+](=O)[O-])c1)C12CC3CC(CC(C3)C1)C2. The highest BCUT2D eigenvalue weighted by molar-refractivity contribution is 5.96. The van der Waals surface area contributed by atoms with Gasteiger partial charge in [-0.3, -0.25) is 14.9 Å². The van der Waals surface area contributed by atoms with E-state index in [1.165, 1.54) is 25.3 Å². The van der Waals surface area contributed by atoms with Crippen LogP contribution < -0.4 is 5.32 Å². The van der Waals surface area contributed by atoms with Gasteiger partial charge in [-0.1, -0.05) is 0 Å². The number of hydrogen-bond acceptors (Lipinski definition) is 3. The fraction of sp³-hybridized carbons (Fsp3) is 0.588. The molecule has 0 heterocycles. The fourth-order valence-corrected chi connectivity index (χ4v) is 5.38. The number of hydrogen-bond donors (Lipinski definition) is 1. The van der Waals surface area contributed by atoms with Gasteiger partial charge in [0.1, 0.15) is 0 Å². The van der Waals surface area contributed by atoms with Crippen molar-refractivity contribution in [3.05, 3.63) is 34.1 Å². The Balaban J connectivity index is 1.56. The standard InChI is InChI=1S/C17H19FN2O3/c18-14-2-1-13(6-15(14)20(22)23)19-16(21)17-7-10-3-11(8-17)5-12(4-10)9-17/h1-2,6,10-12H,3-5,7-9H2,(H,19,21). The van der Waals surface area contributed by atoms with Crippen molar-refractivity contribution >= 4 is 17.3 Å². The summed E-state index contributed by atoms with van der Waals surface area (Å²) in [5.74, 6) is 1.01. The van der Waals surface area contributed by atoms with Crippen molar-refractivity contribution in [2.24, 2.45) is 23.2 Å². The second-order valence-electron chi connectivity index (χ2n) is 7.58. The van der Waals surface area contributed by atoms with Crippen LogP contribution in [0.1, 0.15) is 38.5 Å². The van der Waals surface area contributed by atoms with Crippen molar-refractivity contribution in [1.29, 1.82) is 0 Å². The van der Waals surface area contributed by atoms with Crippen LogP contribution in [0.5, 0.6) is 0 Å². The first-order valence-corrected chi connectivity index (χ1v) is 8.20. The molecule has 0 radical (unpaired) electrons. The van der Waals surface area contributed by atoms with Gasteiger partial charge in [-0.05, 0) is 68.4 Å². The minimum atomic E-state index is -0.886. The molecular formula is C17H19FN2O3. The average molecular weight is 318 g/mol. The highest BCUT2D eigenvalue weighted by atomic mass is 19.1. The van der Waals surface area contributed by atoms with Crippen LogP contribution in [-0.2, 0) is 4.79 Å². The molecule has 0 aliphatic heterocycles. The van der Waals surface area contributed by atoms with Crippen LogP contribution in [0, 0.1) is 39.1 Å². The van der Waals surface area contributed by atoms with Gasteiger partial charge in [0.25, 0.3) is 0 Å². The maximum absolute atomic E-state index is 13.4. The predicted molar refractivity (Wildman–Crippen MR) is 82.3 cm³/mol. The lowest BCUT2D eigenvalue weighted by Gasteiger charge is -2.55. The lowest BCUT2D eigenvalue weighted by molar-refractivity contribution is -0.387. The lowest BCUT2D eigenvalue weighted by atomic mass is 9.49. The fourth-order valence-electron chi connectivity index (χ4n) is 5.38. The average Bonchev–Trinajstić information content (AvgIpc) is 2.47. The summed E-state index contributed by atoms with van der Waals surface area (Å²) in [6.07, 6.45) is 6.51. The van der Waals surface area contributed by atoms with Gasteiger partial charge in [0.15, 0.2) is 0 Å². The number of carbonyl (C=O) groups excluding carboxylic acids is 1. The number of nitrogens with zero attached hydrogens (tertiary/aromatic N) is 1. The molecule has 4 aliphatic rings. The Labute approximate surface area is 133 Å². The van der Waals surface area contributed by atoms with Gasteiger partial charge in [0.05, 0.1) is 10.3 Å². The van der Waals surface area contributed by atoms with Crippen LogP contribution in [0.2, 0.25) is 0 Å². The van der Waals surface area contributed by atoms with Crippen molar-refractivity contribution in [1.82, 2.24) is 0 Å². The van der Waals surface area contributed by atoms with Crippen molar-refractivity contribution < 1.29 is 14.1 Å². The van der Waals surface area contributed by atoms with Crippen LogP contribution in [-0.4, -0.2) is 10.8 Å². The van der Waals surface area contributed by atoms with Gasteiger partial charge < -0.3 is 5.32 Å². The highest BCUT2D eigenvalue weighted by Gasteiger charge is 2.54. The largest absolute Gasteiger partial charge is 0.325 e. The molecule has 1 amide bonds. The van der Waals surface area contributed by atoms with Crippen LogP contribution >= 0.6 is 0 Å². The number of nitro benzene ring substituents is 1. The molecular weight excluding hydrogens is 299 g/mol. The molecule has 4 bridgehead atoms. The third-order valence-corrected chi connectivity index (χ3v) is 5.92. The maximum atomic E-state index is 13.4. The first kappa shape index (κ1) is 14.6. The summed E-state index contributed by atoms with van der Waals surface area (Å²) < 4.78 is 13.4. The molecule has 122 valence electrons. The third-order valence-electron chi connectivity index (χ3n) is 5.92. The topological polar surface area (TPSA) is 72.2 Å². The van der Waals surface area contributed by atoms with Gasteiger partial charge in [-0.2, -0.15) is 4.39 Å². The molecule has 23 heavy (non-hydrogen) atoms. The van der Waals surface area contributed by atoms with Crippen molar-refractivity contribution in [3.8, 4) is 0 Å². The maximum Gasteiger partial charge on any atom is 0.306 e. The summed E-state index contributed by atoms with van der Waals surface area (Å²) in [7, 11) is 0. The van der Waals surface area contributed by atoms with Crippen LogP contribution in [0.15, 0.2) is 18.2 Å². The van der Waals surface area contributed by atoms with E-state index in [0.717, 1.165) is 31.4 Å². The molecule has 0 spiro atoms. The molecule has 1 N–H and O–H groups in total. The van der Waals surface area contributed by atoms with Gasteiger partial charge in [0.2, 0.25) is 11.7 Å². The number of nitrogens with one attached hydrogen (secondary N) is 1. The van der Waals surface area contributed by atoms with E-state index in [0.29, 0.717) is 23.4 Å². The zero-order valence-corrected chi connectivity index (χ0v) is 12.8. The Bertz CT molecular complexity index is 653. The van der Waals surface area contributed by atoms with Crippen LogP contribution in [0.4, 0.5) is 15.8 Å². The summed E-state index contributed by atoms with van der Waals surface area (Å²) in [6, 6.07) is 3.53. The number of carbonyl (C=O) groups is 1. The van der Waals surface area contributed by atoms with Gasteiger partial charge in [-0.15, -0.1) is 0 Å². The molecule has 5 rings (SSSR count). The quantitative estimate of drug-likeness (QED) is 0.679. The Morgan fingerprint density at radius 1 is 1.17 bits per heavy atom. The monoisotopic (exact) mass is 318 g/mol. The van der Waals surface area contributed by atoms with Crippen molar-refractivity contribution in [2.45, 2.75) is 38.5 Å². The molecule has 0 aromatic heterocycles. The van der Waals surface area contributed by atoms with Gasteiger partial charge >= 0.3 is 5.69 Å². The molecule has 0 unspecified atom stereocenters. The highest BCUT2D eigenvalue weighted by Crippen LogP contribution is 2.60. The smallest absolute Gasteiger partial charge is 0.306 e. The van der Waals surface area contributed by atoms with E-state index in [2.05, 4.69) is 5.32 Å². The minimum absolute atomic E-state index is 0.0440. The number of nitro groups is 1. The van der Waals surface area contributed by atoms with E-state index in [1.54, 1.807) is 0 Å². The van der Waals surface area contributed by atoms with E-state index >= 15 is 0 Å². The molecule has 4 saturated carbocycles. The third kappa shape index (κ3) is 2.40. The molecule has 4 aliphatic carbocycles. The van der Waals surface area contributed by atoms with E-state index in [4.69, 9.17) is 0 Å². The normalized spacial score (nSPS) is 34.4. The molecule has 5 nitrogen and oxygen atoms in total. The van der Waals surface area contributed by atoms with E-state index in [-0.39, 0.29) is 11.3 Å². The van der Waals surface area contributed by atoms with Crippen LogP contribution in [0.3, 0.4) is 0 Å². The molecule has 4 fully saturated rings. The Hall–Kier alpha value is -1.98. The summed E-state index contributed by atoms with van der Waals surface area (Å²) in [4.78, 5) is 22.9. The second kappa shape index (κ2) is 5.01. The number of anilines is 1. The number of halogens is 1. The summed E-state index contributed by atoms with van der Waals surface area (Å²) in [6.45, 7) is 0. The first-order chi connectivity index (χ1) is 10.9. The second-order valence-corrected chi connectivity index (χ2v) is 7.58. The summed E-state index contributed by atoms with van der Waals surface area (Å²) in [5.41, 5.74) is -0.620. The van der Waals surface area contributed by atoms with Crippen molar-refractivity contribution in [2.75, 3.05) is 5.32 Å². The lowest BCUT2D eigenvalue weighted by Crippen LogP contribution is -2.51. The van der Waals surface area contributed by atoms with E-state index < -0.39 is 16.4 Å². The van der Waals surface area contributed by atoms with Gasteiger partial charge in [0, 0.05) is 11.8 Å². The van der Waals surface area contributed by atoms with E-state index in [1.807, 2.05) is 0 Å². The molecule has 0 atom stereocenters. The molecule has 6 heteroatoms. The predicted octanol–water partition coefficient (Wildman–Crippen LogP) is 3.89. The number of rotatable bonds is 3. The molecule has 0 saturated heterocycles. The Morgan fingerprint density at radius 3 is 2.26 bits per heavy atom. The first-order valence-electron chi connectivity index (χ1n) is 8.20. The van der Waals surface area contributed by atoms with Crippen LogP contribution in [0.25, 0.3) is 0 Å². The summed E-state index contributed by atoms with van der Waals surface area (Å²) >= 11 is 0. The zero-order chi connectivity index (χ0) is 16.2. The summed E-state index contributed by atoms with van der Waals surface area (Å²) in [5, 5.41) is 13.6. The zero-order valence-electron chi connectivity index (χ0n) is 12.8. The number of benzene rings is 1. The molecule has 1 aromatic rings. The Morgan fingerprint density at radius 2 is 1.74 bits per heavy atom.